The number of rotatable bonds is 5. The standard InChI is InChI=1S/C19H30O2/c1-5-14-10-11-18(16(12-14)19(2,3)4)21-13-17(20)15-8-6-7-9-15/h10-12,15,17,20H,5-9,13H2,1-4H3. The molecular formula is C19H30O2. The molecule has 1 aromatic rings. The lowest BCUT2D eigenvalue weighted by molar-refractivity contribution is 0.0586. The molecule has 118 valence electrons. The molecule has 0 aromatic heterocycles. The Balaban J connectivity index is 2.08. The highest BCUT2D eigenvalue weighted by Gasteiger charge is 2.25. The summed E-state index contributed by atoms with van der Waals surface area (Å²) in [7, 11) is 0. The minimum Gasteiger partial charge on any atom is -0.491 e. The van der Waals surface area contributed by atoms with Crippen molar-refractivity contribution >= 4 is 0 Å². The van der Waals surface area contributed by atoms with E-state index in [9.17, 15) is 5.11 Å². The number of ether oxygens (including phenoxy) is 1. The molecule has 1 aliphatic rings. The van der Waals surface area contributed by atoms with Crippen LogP contribution in [-0.4, -0.2) is 17.8 Å². The van der Waals surface area contributed by atoms with E-state index in [1.807, 2.05) is 0 Å². The molecule has 2 nitrogen and oxygen atoms in total. The van der Waals surface area contributed by atoms with Gasteiger partial charge < -0.3 is 9.84 Å². The van der Waals surface area contributed by atoms with Gasteiger partial charge in [-0.3, -0.25) is 0 Å². The van der Waals surface area contributed by atoms with Crippen LogP contribution in [0.4, 0.5) is 0 Å². The van der Waals surface area contributed by atoms with Crippen LogP contribution < -0.4 is 4.74 Å². The molecule has 0 saturated heterocycles. The molecule has 2 rings (SSSR count). The van der Waals surface area contributed by atoms with Crippen LogP contribution in [-0.2, 0) is 11.8 Å². The van der Waals surface area contributed by atoms with Crippen molar-refractivity contribution < 1.29 is 9.84 Å². The molecule has 1 saturated carbocycles. The highest BCUT2D eigenvalue weighted by atomic mass is 16.5. The molecule has 0 bridgehead atoms. The molecule has 1 aliphatic carbocycles. The topological polar surface area (TPSA) is 29.5 Å². The maximum absolute atomic E-state index is 10.3. The highest BCUT2D eigenvalue weighted by molar-refractivity contribution is 5.41. The van der Waals surface area contributed by atoms with Crippen molar-refractivity contribution in [2.24, 2.45) is 5.92 Å². The van der Waals surface area contributed by atoms with Crippen molar-refractivity contribution in [2.75, 3.05) is 6.61 Å². The van der Waals surface area contributed by atoms with E-state index >= 15 is 0 Å². The molecule has 0 radical (unpaired) electrons. The Morgan fingerprint density at radius 1 is 1.24 bits per heavy atom. The molecule has 0 spiro atoms. The summed E-state index contributed by atoms with van der Waals surface area (Å²) in [6, 6.07) is 6.45. The van der Waals surface area contributed by atoms with Gasteiger partial charge in [-0.2, -0.15) is 0 Å². The fourth-order valence-electron chi connectivity index (χ4n) is 3.16. The zero-order chi connectivity index (χ0) is 15.5. The van der Waals surface area contributed by atoms with Gasteiger partial charge in [0.25, 0.3) is 0 Å². The van der Waals surface area contributed by atoms with E-state index in [4.69, 9.17) is 4.74 Å². The fraction of sp³-hybridized carbons (Fsp3) is 0.684. The Hall–Kier alpha value is -1.02. The summed E-state index contributed by atoms with van der Waals surface area (Å²) in [5.41, 5.74) is 2.63. The van der Waals surface area contributed by atoms with Crippen LogP contribution in [0.5, 0.6) is 5.75 Å². The summed E-state index contributed by atoms with van der Waals surface area (Å²) < 4.78 is 5.99. The molecule has 0 heterocycles. The van der Waals surface area contributed by atoms with Crippen LogP contribution in [0.25, 0.3) is 0 Å². The molecule has 0 amide bonds. The summed E-state index contributed by atoms with van der Waals surface area (Å²) in [4.78, 5) is 0. The summed E-state index contributed by atoms with van der Waals surface area (Å²) in [6.07, 6.45) is 5.50. The van der Waals surface area contributed by atoms with Crippen LogP contribution in [0.3, 0.4) is 0 Å². The molecule has 21 heavy (non-hydrogen) atoms. The van der Waals surface area contributed by atoms with Gasteiger partial charge in [0.15, 0.2) is 0 Å². The van der Waals surface area contributed by atoms with Crippen LogP contribution >= 0.6 is 0 Å². The summed E-state index contributed by atoms with van der Waals surface area (Å²) in [6.45, 7) is 9.22. The van der Waals surface area contributed by atoms with Gasteiger partial charge in [-0.25, -0.2) is 0 Å². The Kier molecular flexibility index (Phi) is 5.32. The third kappa shape index (κ3) is 4.23. The number of aliphatic hydroxyl groups excluding tert-OH is 1. The monoisotopic (exact) mass is 290 g/mol. The van der Waals surface area contributed by atoms with E-state index in [0.717, 1.165) is 25.0 Å². The van der Waals surface area contributed by atoms with Crippen LogP contribution in [0.15, 0.2) is 18.2 Å². The van der Waals surface area contributed by atoms with E-state index in [0.29, 0.717) is 12.5 Å². The Labute approximate surface area is 129 Å². The van der Waals surface area contributed by atoms with Crippen molar-refractivity contribution in [1.29, 1.82) is 0 Å². The average Bonchev–Trinajstić information content (AvgIpc) is 2.97. The largest absolute Gasteiger partial charge is 0.491 e. The van der Waals surface area contributed by atoms with Crippen molar-refractivity contribution in [3.05, 3.63) is 29.3 Å². The first kappa shape index (κ1) is 16.4. The highest BCUT2D eigenvalue weighted by Crippen LogP contribution is 2.33. The lowest BCUT2D eigenvalue weighted by Gasteiger charge is -2.25. The zero-order valence-corrected chi connectivity index (χ0v) is 14.0. The minimum atomic E-state index is -0.328. The van der Waals surface area contributed by atoms with Gasteiger partial charge in [-0.05, 0) is 47.8 Å². The van der Waals surface area contributed by atoms with Crippen LogP contribution in [0, 0.1) is 5.92 Å². The molecular weight excluding hydrogens is 260 g/mol. The van der Waals surface area contributed by atoms with E-state index in [2.05, 4.69) is 45.9 Å². The minimum absolute atomic E-state index is 0.0544. The normalized spacial score (nSPS) is 18.0. The SMILES string of the molecule is CCc1ccc(OCC(O)C2CCCC2)c(C(C)(C)C)c1. The Morgan fingerprint density at radius 3 is 2.48 bits per heavy atom. The van der Waals surface area contributed by atoms with Gasteiger partial charge in [-0.1, -0.05) is 52.7 Å². The predicted octanol–water partition coefficient (Wildman–Crippen LogP) is 4.48. The van der Waals surface area contributed by atoms with Gasteiger partial charge in [0, 0.05) is 0 Å². The maximum atomic E-state index is 10.3. The number of benzene rings is 1. The first-order valence-electron chi connectivity index (χ1n) is 8.36. The van der Waals surface area contributed by atoms with Gasteiger partial charge >= 0.3 is 0 Å². The maximum Gasteiger partial charge on any atom is 0.123 e. The number of aryl methyl sites for hydroxylation is 1. The van der Waals surface area contributed by atoms with Crippen LogP contribution in [0.2, 0.25) is 0 Å². The third-order valence-electron chi connectivity index (χ3n) is 4.61. The smallest absolute Gasteiger partial charge is 0.123 e. The Morgan fingerprint density at radius 2 is 1.90 bits per heavy atom. The van der Waals surface area contributed by atoms with Crippen molar-refractivity contribution in [2.45, 2.75) is 71.3 Å². The van der Waals surface area contributed by atoms with Crippen molar-refractivity contribution in [3.8, 4) is 5.75 Å². The predicted molar refractivity (Wildman–Crippen MR) is 88.0 cm³/mol. The molecule has 1 N–H and O–H groups in total. The molecule has 1 atom stereocenters. The summed E-state index contributed by atoms with van der Waals surface area (Å²) in [5, 5.41) is 10.3. The Bertz CT molecular complexity index is 453. The number of aliphatic hydroxyl groups is 1. The number of hydrogen-bond acceptors (Lipinski definition) is 2. The zero-order valence-electron chi connectivity index (χ0n) is 14.0. The lowest BCUT2D eigenvalue weighted by atomic mass is 9.85. The second-order valence-electron chi connectivity index (χ2n) is 7.36. The fourth-order valence-corrected chi connectivity index (χ4v) is 3.16. The lowest BCUT2D eigenvalue weighted by Crippen LogP contribution is -2.26. The van der Waals surface area contributed by atoms with E-state index in [-0.39, 0.29) is 11.5 Å². The molecule has 2 heteroatoms. The second kappa shape index (κ2) is 6.83. The van der Waals surface area contributed by atoms with Gasteiger partial charge in [0.05, 0.1) is 6.10 Å². The van der Waals surface area contributed by atoms with Gasteiger partial charge in [-0.15, -0.1) is 0 Å². The number of hydrogen-bond donors (Lipinski definition) is 1. The third-order valence-corrected chi connectivity index (χ3v) is 4.61. The summed E-state index contributed by atoms with van der Waals surface area (Å²) in [5.74, 6) is 1.36. The van der Waals surface area contributed by atoms with Gasteiger partial charge in [0.1, 0.15) is 12.4 Å². The molecule has 1 unspecified atom stereocenters. The molecule has 1 aromatic carbocycles. The average molecular weight is 290 g/mol. The molecule has 0 aliphatic heterocycles. The summed E-state index contributed by atoms with van der Waals surface area (Å²) >= 11 is 0. The van der Waals surface area contributed by atoms with Crippen LogP contribution in [0.1, 0.15) is 64.5 Å². The second-order valence-corrected chi connectivity index (χ2v) is 7.36. The first-order chi connectivity index (χ1) is 9.91. The molecule has 1 fully saturated rings. The van der Waals surface area contributed by atoms with E-state index in [1.54, 1.807) is 0 Å². The van der Waals surface area contributed by atoms with Gasteiger partial charge in [0.2, 0.25) is 0 Å². The van der Waals surface area contributed by atoms with Crippen molar-refractivity contribution in [3.63, 3.8) is 0 Å². The van der Waals surface area contributed by atoms with Crippen molar-refractivity contribution in [1.82, 2.24) is 0 Å². The quantitative estimate of drug-likeness (QED) is 0.866. The van der Waals surface area contributed by atoms with E-state index in [1.165, 1.54) is 24.0 Å². The van der Waals surface area contributed by atoms with E-state index < -0.39 is 0 Å². The first-order valence-corrected chi connectivity index (χ1v) is 8.36.